The lowest BCUT2D eigenvalue weighted by Gasteiger charge is -2.12. The molecular weight excluding hydrogens is 1760 g/mol. The molecule has 0 atom stereocenters. The number of furan rings is 3. The largest absolute Gasteiger partial charge is 0.456 e. The maximum Gasteiger partial charge on any atom is 0.160 e. The molecule has 672 valence electrons. The second kappa shape index (κ2) is 34.3. The van der Waals surface area contributed by atoms with Gasteiger partial charge in [-0.3, -0.25) is 0 Å². The van der Waals surface area contributed by atoms with Gasteiger partial charge in [0, 0.05) is 126 Å². The highest BCUT2D eigenvalue weighted by atomic mass is 16.3. The molecule has 12 nitrogen and oxygen atoms in total. The normalized spacial score (nSPS) is 11.8. The van der Waals surface area contributed by atoms with Crippen LogP contribution in [0.3, 0.4) is 0 Å². The van der Waals surface area contributed by atoms with Crippen molar-refractivity contribution in [2.75, 3.05) is 0 Å². The van der Waals surface area contributed by atoms with Gasteiger partial charge in [-0.05, 0) is 191 Å². The van der Waals surface area contributed by atoms with Gasteiger partial charge in [0.05, 0.1) is 72.1 Å². The summed E-state index contributed by atoms with van der Waals surface area (Å²) in [7, 11) is 0. The summed E-state index contributed by atoms with van der Waals surface area (Å²) in [4.78, 5) is 30.6. The fraction of sp³-hybridized carbons (Fsp3) is 0. The molecule has 0 unspecified atom stereocenters. The molecule has 0 aliphatic carbocycles. The summed E-state index contributed by atoms with van der Waals surface area (Å²) < 4.78 is 26.1. The summed E-state index contributed by atoms with van der Waals surface area (Å²) in [6.45, 7) is 0. The highest BCUT2D eigenvalue weighted by molar-refractivity contribution is 6.26. The van der Waals surface area contributed by atoms with Crippen molar-refractivity contribution in [3.05, 3.63) is 491 Å². The predicted molar refractivity (Wildman–Crippen MR) is 592 cm³/mol. The quantitative estimate of drug-likeness (QED) is 0.117. The number of hydrogen-bond acceptors (Lipinski definition) is 9. The predicted octanol–water partition coefficient (Wildman–Crippen LogP) is 34.9. The Bertz CT molecular complexity index is 10300. The van der Waals surface area contributed by atoms with E-state index in [1.807, 2.05) is 91.0 Å². The van der Waals surface area contributed by atoms with Crippen molar-refractivity contribution in [3.63, 3.8) is 0 Å². The average molecular weight is 1840 g/mol. The van der Waals surface area contributed by atoms with Crippen LogP contribution in [0.25, 0.3) is 282 Å². The Labute approximate surface area is 824 Å². The summed E-state index contributed by atoms with van der Waals surface area (Å²) in [5.74, 6) is 2.10. The first-order chi connectivity index (χ1) is 71.4. The Hall–Kier alpha value is -19.6. The third kappa shape index (κ3) is 14.1. The standard InChI is InChI=1S/3C44H27N3O/c1-2-10-28(11-3-1)29-18-20-30(21-19-29)43-35-14-4-7-15-38(35)45-44(46-43)31-22-24-32(25-23-31)47-39-16-8-5-12-33(39)36-27-42-37(26-40(36)47)34-13-6-9-17-41(34)48-42;1-2-10-28(11-3-1)29-18-20-30(21-19-29)41-37-14-4-7-15-38(37)45-44(46-41)31-22-24-32(25-23-31)47-39-16-8-5-12-33(39)35-26-27-36-34-13-6-9-17-40(34)48-43(36)42(35)47;1-2-10-28(11-3-1)29-18-20-30(21-19-29)42-35-13-4-7-15-37(35)45-44(46-42)31-22-24-32(25-23-31)47-38-16-8-5-12-33(38)34-26-27-40-41(43(34)47)36-14-6-9-17-39(36)48-40/h3*1-27H. The van der Waals surface area contributed by atoms with Crippen molar-refractivity contribution in [2.24, 2.45) is 0 Å². The highest BCUT2D eigenvalue weighted by Crippen LogP contribution is 2.47. The first-order valence-electron chi connectivity index (χ1n) is 48.5. The lowest BCUT2D eigenvalue weighted by molar-refractivity contribution is 0.669. The van der Waals surface area contributed by atoms with Crippen LogP contribution < -0.4 is 0 Å². The van der Waals surface area contributed by atoms with E-state index in [9.17, 15) is 0 Å². The van der Waals surface area contributed by atoms with E-state index in [0.29, 0.717) is 17.5 Å². The maximum atomic E-state index is 6.54. The maximum absolute atomic E-state index is 6.54. The summed E-state index contributed by atoms with van der Waals surface area (Å²) in [5, 5.41) is 17.0. The van der Waals surface area contributed by atoms with Crippen LogP contribution >= 0.6 is 0 Å². The van der Waals surface area contributed by atoms with Gasteiger partial charge in [-0.1, -0.05) is 334 Å². The number of para-hydroxylation sites is 9. The number of rotatable bonds is 12. The molecule has 21 aromatic carbocycles. The smallest absolute Gasteiger partial charge is 0.160 e. The van der Waals surface area contributed by atoms with Crippen LogP contribution in [-0.4, -0.2) is 43.6 Å². The molecule has 9 heterocycles. The van der Waals surface area contributed by atoms with Gasteiger partial charge in [-0.15, -0.1) is 0 Å². The minimum Gasteiger partial charge on any atom is -0.456 e. The van der Waals surface area contributed by atoms with Gasteiger partial charge in [0.2, 0.25) is 0 Å². The minimum atomic E-state index is 0.698. The van der Waals surface area contributed by atoms with E-state index in [-0.39, 0.29) is 0 Å². The van der Waals surface area contributed by atoms with Crippen molar-refractivity contribution >= 4 is 164 Å². The van der Waals surface area contributed by atoms with Crippen LogP contribution in [0.15, 0.2) is 505 Å². The zero-order valence-corrected chi connectivity index (χ0v) is 77.5. The van der Waals surface area contributed by atoms with E-state index < -0.39 is 0 Å². The van der Waals surface area contributed by atoms with Gasteiger partial charge in [-0.25, -0.2) is 29.9 Å². The fourth-order valence-electron chi connectivity index (χ4n) is 21.4. The lowest BCUT2D eigenvalue weighted by atomic mass is 10.0. The Balaban J connectivity index is 0.000000105. The highest BCUT2D eigenvalue weighted by Gasteiger charge is 2.26. The first-order valence-corrected chi connectivity index (χ1v) is 48.5. The van der Waals surface area contributed by atoms with Crippen LogP contribution in [0.1, 0.15) is 0 Å². The molecule has 30 rings (SSSR count). The summed E-state index contributed by atoms with van der Waals surface area (Å²) in [6.07, 6.45) is 0. The number of hydrogen-bond donors (Lipinski definition) is 0. The number of fused-ring (bicyclic) bond motifs is 23. The zero-order chi connectivity index (χ0) is 94.8. The third-order valence-electron chi connectivity index (χ3n) is 28.3. The second-order valence-electron chi connectivity index (χ2n) is 36.6. The van der Waals surface area contributed by atoms with Crippen LogP contribution in [0.2, 0.25) is 0 Å². The number of aromatic nitrogens is 9. The average Bonchev–Trinajstić information content (AvgIpc) is 1.56. The molecule has 0 N–H and O–H groups in total. The van der Waals surface area contributed by atoms with Gasteiger partial charge in [0.15, 0.2) is 23.1 Å². The summed E-state index contributed by atoms with van der Waals surface area (Å²) in [6, 6.07) is 172. The van der Waals surface area contributed by atoms with Crippen LogP contribution in [0.5, 0.6) is 0 Å². The molecule has 0 spiro atoms. The molecule has 0 saturated carbocycles. The molecule has 0 amide bonds. The molecule has 144 heavy (non-hydrogen) atoms. The molecule has 0 fully saturated rings. The topological polar surface area (TPSA) is 132 Å². The lowest BCUT2D eigenvalue weighted by Crippen LogP contribution is -1.97. The molecule has 9 aromatic heterocycles. The minimum absolute atomic E-state index is 0.698. The monoisotopic (exact) mass is 1840 g/mol. The van der Waals surface area contributed by atoms with Crippen LogP contribution in [0, 0.1) is 0 Å². The Morgan fingerprint density at radius 1 is 0.153 bits per heavy atom. The van der Waals surface area contributed by atoms with Crippen LogP contribution in [-0.2, 0) is 0 Å². The number of nitrogens with zero attached hydrogens (tertiary/aromatic N) is 9. The van der Waals surface area contributed by atoms with Crippen molar-refractivity contribution < 1.29 is 13.3 Å². The zero-order valence-electron chi connectivity index (χ0n) is 77.5. The Morgan fingerprint density at radius 3 is 0.896 bits per heavy atom. The Kier molecular flexibility index (Phi) is 19.7. The van der Waals surface area contributed by atoms with Gasteiger partial charge in [0.1, 0.15) is 27.9 Å². The van der Waals surface area contributed by atoms with Crippen LogP contribution in [0.4, 0.5) is 0 Å². The van der Waals surface area contributed by atoms with Gasteiger partial charge >= 0.3 is 0 Å². The molecular formula is C132H81N9O3. The van der Waals surface area contributed by atoms with Crippen molar-refractivity contribution in [1.82, 2.24) is 43.6 Å². The summed E-state index contributed by atoms with van der Waals surface area (Å²) in [5.41, 5.74) is 34.1. The van der Waals surface area contributed by atoms with Crippen molar-refractivity contribution in [1.29, 1.82) is 0 Å². The SMILES string of the molecule is c1ccc(-c2ccc(-c3nc(-c4ccc(-n5c6ccccc6c6cc7oc8ccccc8c7cc65)cc4)nc4ccccc34)cc2)cc1.c1ccc(-c2ccc(-c3nc(-c4ccc(-n5c6ccccc6c6ccc7c8ccccc8oc7c65)cc4)nc4ccccc34)cc2)cc1.c1ccc(-c2ccc(-c3nc(-c4ccc(-n5c6ccccc6c6ccc7oc8ccccc8c7c65)cc4)nc4ccccc34)cc2)cc1. The first kappa shape index (κ1) is 82.7. The van der Waals surface area contributed by atoms with Crippen molar-refractivity contribution in [3.8, 4) is 118 Å². The van der Waals surface area contributed by atoms with E-state index in [1.165, 1.54) is 65.7 Å². The van der Waals surface area contributed by atoms with Gasteiger partial charge in [-0.2, -0.15) is 0 Å². The van der Waals surface area contributed by atoms with Gasteiger partial charge in [0.25, 0.3) is 0 Å². The third-order valence-corrected chi connectivity index (χ3v) is 28.3. The van der Waals surface area contributed by atoms with E-state index >= 15 is 0 Å². The fourth-order valence-corrected chi connectivity index (χ4v) is 21.4. The molecule has 0 radical (unpaired) electrons. The van der Waals surface area contributed by atoms with E-state index in [0.717, 1.165) is 199 Å². The van der Waals surface area contributed by atoms with E-state index in [4.69, 9.17) is 43.2 Å². The molecule has 0 saturated heterocycles. The van der Waals surface area contributed by atoms with Crippen molar-refractivity contribution in [2.45, 2.75) is 0 Å². The van der Waals surface area contributed by atoms with E-state index in [2.05, 4.69) is 414 Å². The second-order valence-corrected chi connectivity index (χ2v) is 36.6. The van der Waals surface area contributed by atoms with Gasteiger partial charge < -0.3 is 27.0 Å². The molecule has 30 aromatic rings. The molecule has 0 bridgehead atoms. The van der Waals surface area contributed by atoms with E-state index in [1.54, 1.807) is 0 Å². The molecule has 0 aliphatic rings. The Morgan fingerprint density at radius 2 is 0.451 bits per heavy atom. The summed E-state index contributed by atoms with van der Waals surface area (Å²) >= 11 is 0. The molecule has 0 aliphatic heterocycles. The number of benzene rings is 21. The molecule has 12 heteroatoms.